The Balaban J connectivity index is 1.47. The molecule has 9 heteroatoms. The van der Waals surface area contributed by atoms with E-state index < -0.39 is 5.92 Å². The van der Waals surface area contributed by atoms with Crippen LogP contribution in [0, 0.1) is 5.41 Å². The molecule has 9 nitrogen and oxygen atoms in total. The van der Waals surface area contributed by atoms with Gasteiger partial charge in [-0.05, 0) is 46.0 Å². The van der Waals surface area contributed by atoms with Crippen LogP contribution in [0.4, 0.5) is 0 Å². The Morgan fingerprint density at radius 2 is 1.76 bits per heavy atom. The van der Waals surface area contributed by atoms with Gasteiger partial charge in [0.2, 0.25) is 5.88 Å². The van der Waals surface area contributed by atoms with Gasteiger partial charge >= 0.3 is 0 Å². The lowest BCUT2D eigenvalue weighted by molar-refractivity contribution is -0.118. The van der Waals surface area contributed by atoms with E-state index in [-0.39, 0.29) is 16.9 Å². The first-order chi connectivity index (χ1) is 19.8. The van der Waals surface area contributed by atoms with Gasteiger partial charge in [-0.25, -0.2) is 14.5 Å². The first-order valence-corrected chi connectivity index (χ1v) is 13.4. The van der Waals surface area contributed by atoms with Crippen molar-refractivity contribution < 1.29 is 24.1 Å². The number of benzene rings is 3. The number of ketones is 1. The topological polar surface area (TPSA) is 108 Å². The summed E-state index contributed by atoms with van der Waals surface area (Å²) in [7, 11) is 3.17. The lowest BCUT2D eigenvalue weighted by atomic mass is 9.70. The Morgan fingerprint density at radius 3 is 2.51 bits per heavy atom. The number of Topliss-reactive ketones (excluding diaryl/α,β-unsaturated/α-hetero) is 1. The number of fused-ring (bicyclic) bond motifs is 4. The molecule has 2 aromatic heterocycles. The molecular weight excluding hydrogens is 520 g/mol. The summed E-state index contributed by atoms with van der Waals surface area (Å²) in [4.78, 5) is 23.3. The molecule has 3 heterocycles. The van der Waals surface area contributed by atoms with Gasteiger partial charge in [0.25, 0.3) is 0 Å². The van der Waals surface area contributed by atoms with E-state index in [4.69, 9.17) is 19.2 Å². The van der Waals surface area contributed by atoms with Gasteiger partial charge in [-0.15, -0.1) is 5.10 Å². The number of rotatable bonds is 4. The highest BCUT2D eigenvalue weighted by Gasteiger charge is 2.44. The number of phenols is 1. The minimum absolute atomic E-state index is 0.0237. The van der Waals surface area contributed by atoms with Crippen molar-refractivity contribution in [1.82, 2.24) is 19.6 Å². The fourth-order valence-electron chi connectivity index (χ4n) is 6.03. The van der Waals surface area contributed by atoms with Crippen molar-refractivity contribution >= 4 is 22.2 Å². The van der Waals surface area contributed by atoms with Crippen LogP contribution in [0.25, 0.3) is 27.8 Å². The zero-order valence-electron chi connectivity index (χ0n) is 23.1. The van der Waals surface area contributed by atoms with E-state index in [2.05, 4.69) is 23.9 Å². The van der Waals surface area contributed by atoms with Gasteiger partial charge in [0, 0.05) is 18.4 Å². The van der Waals surface area contributed by atoms with Crippen LogP contribution in [-0.4, -0.2) is 44.7 Å². The van der Waals surface area contributed by atoms with Crippen LogP contribution < -0.4 is 14.2 Å². The smallest absolute Gasteiger partial charge is 0.228 e. The average molecular weight is 549 g/mol. The minimum atomic E-state index is -0.518. The average Bonchev–Trinajstić information content (AvgIpc) is 3.39. The van der Waals surface area contributed by atoms with Crippen LogP contribution >= 0.6 is 0 Å². The number of allylic oxidation sites excluding steroid dienone is 2. The quantitative estimate of drug-likeness (QED) is 0.299. The first-order valence-electron chi connectivity index (χ1n) is 13.4. The molecule has 0 fully saturated rings. The lowest BCUT2D eigenvalue weighted by Crippen LogP contribution is -2.33. The molecule has 0 spiro atoms. The Morgan fingerprint density at radius 1 is 1.00 bits per heavy atom. The molecule has 0 radical (unpaired) electrons. The summed E-state index contributed by atoms with van der Waals surface area (Å²) in [5.74, 6) is 2.06. The highest BCUT2D eigenvalue weighted by atomic mass is 16.5. The van der Waals surface area contributed by atoms with E-state index in [9.17, 15) is 9.90 Å². The van der Waals surface area contributed by atoms with Crippen LogP contribution in [0.1, 0.15) is 43.7 Å². The Bertz CT molecular complexity index is 1920. The van der Waals surface area contributed by atoms with Crippen molar-refractivity contribution in [3.63, 3.8) is 0 Å². The number of carbonyl (C=O) groups is 1. The summed E-state index contributed by atoms with van der Waals surface area (Å²) < 4.78 is 19.0. The zero-order valence-corrected chi connectivity index (χ0v) is 23.1. The molecule has 0 amide bonds. The van der Waals surface area contributed by atoms with Gasteiger partial charge in [-0.1, -0.05) is 44.2 Å². The molecule has 5 aromatic rings. The highest BCUT2D eigenvalue weighted by Crippen LogP contribution is 2.51. The second-order valence-electron chi connectivity index (χ2n) is 11.3. The number of aromatic hydroxyl groups is 1. The fraction of sp³-hybridized carbons (Fsp3) is 0.250. The van der Waals surface area contributed by atoms with Crippen molar-refractivity contribution in [2.75, 3.05) is 14.2 Å². The van der Waals surface area contributed by atoms with Crippen LogP contribution in [0.5, 0.6) is 23.1 Å². The molecule has 206 valence electrons. The molecule has 1 aliphatic heterocycles. The third-order valence-electron chi connectivity index (χ3n) is 7.91. The number of methoxy groups -OCH3 is 2. The van der Waals surface area contributed by atoms with Crippen molar-refractivity contribution in [2.45, 2.75) is 32.6 Å². The fourth-order valence-corrected chi connectivity index (χ4v) is 6.03. The summed E-state index contributed by atoms with van der Waals surface area (Å²) in [6.07, 6.45) is 2.55. The van der Waals surface area contributed by atoms with Gasteiger partial charge in [0.05, 0.1) is 31.3 Å². The molecule has 7 rings (SSSR count). The molecule has 0 unspecified atom stereocenters. The van der Waals surface area contributed by atoms with Gasteiger partial charge < -0.3 is 19.3 Å². The third-order valence-corrected chi connectivity index (χ3v) is 7.91. The summed E-state index contributed by atoms with van der Waals surface area (Å²) >= 11 is 0. The van der Waals surface area contributed by atoms with Gasteiger partial charge in [0.1, 0.15) is 17.8 Å². The number of carbonyl (C=O) groups excluding carboxylic acids is 1. The van der Waals surface area contributed by atoms with E-state index in [1.807, 2.05) is 48.5 Å². The molecule has 0 saturated carbocycles. The summed E-state index contributed by atoms with van der Waals surface area (Å²) in [6.45, 7) is 4.13. The minimum Gasteiger partial charge on any atom is -0.507 e. The summed E-state index contributed by atoms with van der Waals surface area (Å²) in [5, 5.41) is 17.4. The van der Waals surface area contributed by atoms with E-state index in [1.54, 1.807) is 31.1 Å². The summed E-state index contributed by atoms with van der Waals surface area (Å²) in [6, 6.07) is 17.0. The molecule has 0 bridgehead atoms. The van der Waals surface area contributed by atoms with Crippen molar-refractivity contribution in [1.29, 1.82) is 0 Å². The third kappa shape index (κ3) is 3.99. The monoisotopic (exact) mass is 548 g/mol. The predicted molar refractivity (Wildman–Crippen MR) is 152 cm³/mol. The van der Waals surface area contributed by atoms with E-state index >= 15 is 0 Å². The van der Waals surface area contributed by atoms with E-state index in [0.29, 0.717) is 64.2 Å². The van der Waals surface area contributed by atoms with E-state index in [0.717, 1.165) is 16.3 Å². The number of hydrogen-bond donors (Lipinski definition) is 1. The predicted octanol–water partition coefficient (Wildman–Crippen LogP) is 5.83. The largest absolute Gasteiger partial charge is 0.507 e. The maximum absolute atomic E-state index is 13.8. The standard InChI is InChI=1S/C32H28N4O5/c1-32(2)14-22(38)27-25(15-32)41-31-28(26(27)19-9-10-23(39-3)24(13-19)40-4)30-34-29(35-36(30)16-33-31)20-11-17-7-5-6-8-18(17)12-21(20)37/h5-13,16,26,37H,14-15H2,1-4H3/t26-/m0/s1. The van der Waals surface area contributed by atoms with Crippen LogP contribution in [0.3, 0.4) is 0 Å². The molecule has 1 aliphatic carbocycles. The van der Waals surface area contributed by atoms with Crippen molar-refractivity contribution in [2.24, 2.45) is 5.41 Å². The molecular formula is C32H28N4O5. The summed E-state index contributed by atoms with van der Waals surface area (Å²) in [5.41, 5.74) is 2.79. The maximum Gasteiger partial charge on any atom is 0.228 e. The van der Waals surface area contributed by atoms with Crippen molar-refractivity contribution in [3.8, 4) is 34.5 Å². The van der Waals surface area contributed by atoms with Crippen LogP contribution in [0.15, 0.2) is 72.3 Å². The van der Waals surface area contributed by atoms with Gasteiger partial charge in [-0.2, -0.15) is 0 Å². The lowest BCUT2D eigenvalue weighted by Gasteiger charge is -2.37. The van der Waals surface area contributed by atoms with Gasteiger partial charge in [0.15, 0.2) is 28.8 Å². The molecule has 1 N–H and O–H groups in total. The SMILES string of the molecule is COc1ccc([C@H]2C3=C(CC(C)(C)CC3=O)Oc3ncn4nc(-c5cc6ccccc6cc5O)nc4c32)cc1OC. The van der Waals surface area contributed by atoms with Crippen LogP contribution in [0.2, 0.25) is 0 Å². The normalized spacial score (nSPS) is 17.8. The number of hydrogen-bond acceptors (Lipinski definition) is 8. The molecule has 3 aromatic carbocycles. The molecule has 0 saturated heterocycles. The molecule has 41 heavy (non-hydrogen) atoms. The van der Waals surface area contributed by atoms with Crippen molar-refractivity contribution in [3.05, 3.63) is 83.4 Å². The molecule has 1 atom stereocenters. The first kappa shape index (κ1) is 25.1. The number of ether oxygens (including phenoxy) is 3. The van der Waals surface area contributed by atoms with E-state index in [1.165, 1.54) is 0 Å². The van der Waals surface area contributed by atoms with Crippen LogP contribution in [-0.2, 0) is 4.79 Å². The Hall–Kier alpha value is -4.92. The second kappa shape index (κ2) is 9.05. The zero-order chi connectivity index (χ0) is 28.5. The number of aromatic nitrogens is 4. The van der Waals surface area contributed by atoms with Gasteiger partial charge in [-0.3, -0.25) is 4.79 Å². The maximum atomic E-state index is 13.8. The second-order valence-corrected chi connectivity index (χ2v) is 11.3. The highest BCUT2D eigenvalue weighted by molar-refractivity contribution is 6.00. The Kier molecular flexibility index (Phi) is 5.54. The number of phenolic OH excluding ortho intramolecular Hbond substituents is 1. The number of nitrogens with zero attached hydrogens (tertiary/aromatic N) is 4. The Labute approximate surface area is 236 Å². The molecule has 2 aliphatic rings.